The second-order valence-electron chi connectivity index (χ2n) is 5.56. The number of carbonyl (C=O) groups excluding carboxylic acids is 3. The smallest absolute Gasteiger partial charge is 0.294 e. The molecule has 6 nitrogen and oxygen atoms in total. The molecular weight excluding hydrogens is 396 g/mol. The van der Waals surface area contributed by atoms with Gasteiger partial charge in [0.2, 0.25) is 5.91 Å². The first-order valence-electron chi connectivity index (χ1n) is 7.47. The number of imide groups is 1. The number of halogens is 1. The Balaban J connectivity index is 1.77. The van der Waals surface area contributed by atoms with Crippen LogP contribution < -0.4 is 0 Å². The van der Waals surface area contributed by atoms with Crippen molar-refractivity contribution in [2.45, 2.75) is 12.8 Å². The lowest BCUT2D eigenvalue weighted by atomic mass is 10.2. The van der Waals surface area contributed by atoms with Crippen molar-refractivity contribution in [2.24, 2.45) is 0 Å². The lowest BCUT2D eigenvalue weighted by Gasteiger charge is -2.18. The number of benzene rings is 1. The minimum Gasteiger partial charge on any atom is -0.507 e. The summed E-state index contributed by atoms with van der Waals surface area (Å²) in [7, 11) is 0. The maximum atomic E-state index is 12.4. The standard InChI is InChI=1S/C16H15BrN2O4S/c17-11-3-4-12(20)10(7-11)8-13-15(22)19(16(23)24-13)9-14(21)18-5-1-2-6-18/h3-4,7-8,20H,1-2,5-6,9H2/b13-8-. The predicted molar refractivity (Wildman–Crippen MR) is 94.3 cm³/mol. The van der Waals surface area contributed by atoms with Gasteiger partial charge >= 0.3 is 0 Å². The molecule has 1 aromatic carbocycles. The number of aromatic hydroxyl groups is 1. The van der Waals surface area contributed by atoms with Crippen LogP contribution in [0.3, 0.4) is 0 Å². The molecule has 1 aromatic rings. The van der Waals surface area contributed by atoms with E-state index in [0.717, 1.165) is 34.0 Å². The average Bonchev–Trinajstić information content (AvgIpc) is 3.16. The molecular formula is C16H15BrN2O4S. The summed E-state index contributed by atoms with van der Waals surface area (Å²) in [6.45, 7) is 1.13. The van der Waals surface area contributed by atoms with E-state index in [1.165, 1.54) is 12.1 Å². The zero-order valence-electron chi connectivity index (χ0n) is 12.7. The van der Waals surface area contributed by atoms with Crippen molar-refractivity contribution in [3.63, 3.8) is 0 Å². The van der Waals surface area contributed by atoms with Crippen molar-refractivity contribution in [2.75, 3.05) is 19.6 Å². The topological polar surface area (TPSA) is 77.9 Å². The quantitative estimate of drug-likeness (QED) is 0.775. The van der Waals surface area contributed by atoms with Crippen LogP contribution in [0.1, 0.15) is 18.4 Å². The molecule has 8 heteroatoms. The van der Waals surface area contributed by atoms with Gasteiger partial charge in [0.05, 0.1) is 4.91 Å². The number of carbonyl (C=O) groups is 3. The number of amides is 3. The van der Waals surface area contributed by atoms with Crippen LogP contribution in [0.2, 0.25) is 0 Å². The Morgan fingerprint density at radius 3 is 2.71 bits per heavy atom. The van der Waals surface area contributed by atoms with Gasteiger partial charge in [-0.05, 0) is 48.9 Å². The van der Waals surface area contributed by atoms with Gasteiger partial charge in [-0.3, -0.25) is 19.3 Å². The molecule has 0 atom stereocenters. The first-order valence-corrected chi connectivity index (χ1v) is 9.08. The van der Waals surface area contributed by atoms with Crippen molar-refractivity contribution in [3.05, 3.63) is 33.1 Å². The Kier molecular flexibility index (Phi) is 4.96. The summed E-state index contributed by atoms with van der Waals surface area (Å²) in [5, 5.41) is 9.39. The van der Waals surface area contributed by atoms with E-state index in [1.54, 1.807) is 17.0 Å². The van der Waals surface area contributed by atoms with E-state index in [1.807, 2.05) is 0 Å². The molecule has 0 bridgehead atoms. The number of phenolic OH excluding ortho intramolecular Hbond substituents is 1. The third-order valence-corrected chi connectivity index (χ3v) is 5.30. The molecule has 0 aliphatic carbocycles. The molecule has 2 fully saturated rings. The monoisotopic (exact) mass is 410 g/mol. The molecule has 2 saturated heterocycles. The van der Waals surface area contributed by atoms with Crippen molar-refractivity contribution in [1.82, 2.24) is 9.80 Å². The minimum absolute atomic E-state index is 0.0122. The first-order chi connectivity index (χ1) is 11.5. The van der Waals surface area contributed by atoms with Crippen LogP contribution in [-0.4, -0.2) is 51.6 Å². The van der Waals surface area contributed by atoms with E-state index in [9.17, 15) is 19.5 Å². The highest BCUT2D eigenvalue weighted by Gasteiger charge is 2.37. The summed E-state index contributed by atoms with van der Waals surface area (Å²) in [4.78, 5) is 39.5. The average molecular weight is 411 g/mol. The van der Waals surface area contributed by atoms with Gasteiger partial charge in [0.25, 0.3) is 11.1 Å². The fraction of sp³-hybridized carbons (Fsp3) is 0.312. The van der Waals surface area contributed by atoms with Gasteiger partial charge in [-0.1, -0.05) is 15.9 Å². The van der Waals surface area contributed by atoms with Crippen LogP contribution in [0.5, 0.6) is 5.75 Å². The largest absolute Gasteiger partial charge is 0.507 e. The summed E-state index contributed by atoms with van der Waals surface area (Å²) in [5.41, 5.74) is 0.431. The summed E-state index contributed by atoms with van der Waals surface area (Å²) >= 11 is 4.07. The van der Waals surface area contributed by atoms with Crippen LogP contribution >= 0.6 is 27.7 Å². The molecule has 3 rings (SSSR count). The molecule has 0 unspecified atom stereocenters. The minimum atomic E-state index is -0.503. The van der Waals surface area contributed by atoms with E-state index in [4.69, 9.17) is 0 Å². The zero-order chi connectivity index (χ0) is 17.3. The van der Waals surface area contributed by atoms with E-state index in [2.05, 4.69) is 15.9 Å². The Hall–Kier alpha value is -1.80. The van der Waals surface area contributed by atoms with E-state index in [-0.39, 0.29) is 23.1 Å². The summed E-state index contributed by atoms with van der Waals surface area (Å²) in [6.07, 6.45) is 3.37. The Morgan fingerprint density at radius 2 is 2.00 bits per heavy atom. The van der Waals surface area contributed by atoms with E-state index < -0.39 is 11.1 Å². The highest BCUT2D eigenvalue weighted by Crippen LogP contribution is 2.34. The molecule has 2 aliphatic rings. The SMILES string of the molecule is O=C(CN1C(=O)S/C(=C\c2cc(Br)ccc2O)C1=O)N1CCCC1. The fourth-order valence-electron chi connectivity index (χ4n) is 2.62. The van der Waals surface area contributed by atoms with Gasteiger partial charge in [0.15, 0.2) is 0 Å². The number of rotatable bonds is 3. The number of phenols is 1. The molecule has 0 saturated carbocycles. The number of thioether (sulfide) groups is 1. The number of likely N-dealkylation sites (tertiary alicyclic amines) is 1. The summed E-state index contributed by atoms with van der Waals surface area (Å²) in [5.74, 6) is -0.698. The summed E-state index contributed by atoms with van der Waals surface area (Å²) < 4.78 is 0.745. The second kappa shape index (κ2) is 6.98. The van der Waals surface area contributed by atoms with Crippen molar-refractivity contribution in [1.29, 1.82) is 0 Å². The summed E-state index contributed by atoms with van der Waals surface area (Å²) in [6, 6.07) is 4.82. The molecule has 0 spiro atoms. The molecule has 126 valence electrons. The maximum Gasteiger partial charge on any atom is 0.294 e. The Labute approximate surface area is 151 Å². The lowest BCUT2D eigenvalue weighted by Crippen LogP contribution is -2.40. The molecule has 2 aliphatic heterocycles. The van der Waals surface area contributed by atoms with Crippen molar-refractivity contribution in [3.8, 4) is 5.75 Å². The Morgan fingerprint density at radius 1 is 1.29 bits per heavy atom. The van der Waals surface area contributed by atoms with Gasteiger partial charge in [-0.2, -0.15) is 0 Å². The molecule has 1 N–H and O–H groups in total. The number of nitrogens with zero attached hydrogens (tertiary/aromatic N) is 2. The zero-order valence-corrected chi connectivity index (χ0v) is 15.1. The van der Waals surface area contributed by atoms with E-state index in [0.29, 0.717) is 18.7 Å². The first kappa shape index (κ1) is 17.0. The van der Waals surface area contributed by atoms with Crippen molar-refractivity contribution < 1.29 is 19.5 Å². The third kappa shape index (κ3) is 3.49. The highest BCUT2D eigenvalue weighted by molar-refractivity contribution is 9.10. The van der Waals surface area contributed by atoms with Crippen LogP contribution in [-0.2, 0) is 9.59 Å². The van der Waals surface area contributed by atoms with E-state index >= 15 is 0 Å². The van der Waals surface area contributed by atoms with Crippen LogP contribution in [0.4, 0.5) is 4.79 Å². The van der Waals surface area contributed by atoms with Gasteiger partial charge < -0.3 is 10.0 Å². The van der Waals surface area contributed by atoms with Crippen LogP contribution in [0, 0.1) is 0 Å². The fourth-order valence-corrected chi connectivity index (χ4v) is 3.83. The van der Waals surface area contributed by atoms with Gasteiger partial charge in [-0.25, -0.2) is 0 Å². The maximum absolute atomic E-state index is 12.4. The molecule has 2 heterocycles. The van der Waals surface area contributed by atoms with Gasteiger partial charge in [-0.15, -0.1) is 0 Å². The second-order valence-corrected chi connectivity index (χ2v) is 7.47. The molecule has 24 heavy (non-hydrogen) atoms. The van der Waals surface area contributed by atoms with Crippen LogP contribution in [0.25, 0.3) is 6.08 Å². The van der Waals surface area contributed by atoms with Gasteiger partial charge in [0.1, 0.15) is 12.3 Å². The normalized spacial score (nSPS) is 19.6. The number of hydrogen-bond acceptors (Lipinski definition) is 5. The van der Waals surface area contributed by atoms with Gasteiger partial charge in [0, 0.05) is 23.1 Å². The molecule has 0 aromatic heterocycles. The Bertz CT molecular complexity index is 744. The molecule has 3 amide bonds. The third-order valence-electron chi connectivity index (χ3n) is 3.90. The highest BCUT2D eigenvalue weighted by atomic mass is 79.9. The number of hydrogen-bond donors (Lipinski definition) is 1. The van der Waals surface area contributed by atoms with Crippen LogP contribution in [0.15, 0.2) is 27.6 Å². The molecule has 0 radical (unpaired) electrons. The lowest BCUT2D eigenvalue weighted by molar-refractivity contribution is -0.135. The van der Waals surface area contributed by atoms with Crippen molar-refractivity contribution >= 4 is 50.8 Å². The predicted octanol–water partition coefficient (Wildman–Crippen LogP) is 2.81.